The summed E-state index contributed by atoms with van der Waals surface area (Å²) in [5.41, 5.74) is 0.918. The van der Waals surface area contributed by atoms with Gasteiger partial charge < -0.3 is 15.1 Å². The molecule has 0 bridgehead atoms. The average Bonchev–Trinajstić information content (AvgIpc) is 2.53. The first kappa shape index (κ1) is 16.8. The topological polar surface area (TPSA) is 53.9 Å². The molecule has 2 N–H and O–H groups in total. The third kappa shape index (κ3) is 4.21. The van der Waals surface area contributed by atoms with Crippen molar-refractivity contribution in [3.05, 3.63) is 34.9 Å². The lowest BCUT2D eigenvalue weighted by Gasteiger charge is -2.34. The summed E-state index contributed by atoms with van der Waals surface area (Å²) in [6, 6.07) is 7.37. The Morgan fingerprint density at radius 3 is 2.55 bits per heavy atom. The molecule has 1 aliphatic rings. The predicted octanol–water partition coefficient (Wildman–Crippen LogP) is 0.0917. The van der Waals surface area contributed by atoms with Crippen LogP contribution in [0.15, 0.2) is 24.3 Å². The molecule has 6 heteroatoms. The maximum atomic E-state index is 12.3. The second-order valence-corrected chi connectivity index (χ2v) is 6.10. The summed E-state index contributed by atoms with van der Waals surface area (Å²) in [6.07, 6.45) is 0. The fourth-order valence-corrected chi connectivity index (χ4v) is 2.91. The van der Waals surface area contributed by atoms with E-state index in [1.165, 1.54) is 4.90 Å². The fourth-order valence-electron chi connectivity index (χ4n) is 2.70. The van der Waals surface area contributed by atoms with Gasteiger partial charge in [0, 0.05) is 18.5 Å². The molecule has 2 rings (SSSR count). The number of nitrogens with one attached hydrogen (secondary N) is 2. The van der Waals surface area contributed by atoms with Crippen LogP contribution in [0, 0.1) is 0 Å². The van der Waals surface area contributed by atoms with Crippen LogP contribution in [0.25, 0.3) is 0 Å². The van der Waals surface area contributed by atoms with Crippen LogP contribution in [-0.2, 0) is 16.1 Å². The summed E-state index contributed by atoms with van der Waals surface area (Å²) < 4.78 is 0. The molecule has 0 unspecified atom stereocenters. The molecule has 2 amide bonds. The van der Waals surface area contributed by atoms with E-state index in [2.05, 4.69) is 5.32 Å². The Bertz CT molecular complexity index is 542. The number of benzene rings is 1. The Morgan fingerprint density at radius 2 is 1.95 bits per heavy atom. The zero-order valence-corrected chi connectivity index (χ0v) is 13.8. The van der Waals surface area contributed by atoms with E-state index in [0.717, 1.165) is 18.7 Å². The highest BCUT2D eigenvalue weighted by molar-refractivity contribution is 6.31. The van der Waals surface area contributed by atoms with Crippen LogP contribution in [0.3, 0.4) is 0 Å². The lowest BCUT2D eigenvalue weighted by atomic mass is 10.2. The van der Waals surface area contributed by atoms with Crippen molar-refractivity contribution < 1.29 is 14.5 Å². The van der Waals surface area contributed by atoms with Crippen molar-refractivity contribution in [2.45, 2.75) is 26.4 Å². The van der Waals surface area contributed by atoms with Crippen molar-refractivity contribution in [2.75, 3.05) is 26.2 Å². The van der Waals surface area contributed by atoms with Gasteiger partial charge in [0.15, 0.2) is 6.04 Å². The van der Waals surface area contributed by atoms with Gasteiger partial charge in [0.05, 0.1) is 26.2 Å². The number of amides is 2. The van der Waals surface area contributed by atoms with Crippen LogP contribution in [-0.4, -0.2) is 48.9 Å². The first-order chi connectivity index (χ1) is 10.5. The number of quaternary nitrogens is 1. The minimum Gasteiger partial charge on any atom is -0.347 e. The molecule has 0 spiro atoms. The molecule has 1 aromatic rings. The Balaban J connectivity index is 1.83. The molecule has 1 atom stereocenters. The highest BCUT2D eigenvalue weighted by Crippen LogP contribution is 2.14. The zero-order valence-electron chi connectivity index (χ0n) is 13.1. The van der Waals surface area contributed by atoms with Crippen molar-refractivity contribution in [3.63, 3.8) is 0 Å². The number of piperazine rings is 1. The van der Waals surface area contributed by atoms with Gasteiger partial charge in [0.1, 0.15) is 0 Å². The van der Waals surface area contributed by atoms with Crippen molar-refractivity contribution in [3.8, 4) is 0 Å². The van der Waals surface area contributed by atoms with Crippen LogP contribution in [0.1, 0.15) is 19.4 Å². The molecular formula is C16H23ClN3O2+. The molecule has 120 valence electrons. The lowest BCUT2D eigenvalue weighted by molar-refractivity contribution is -0.918. The molecule has 5 nitrogen and oxygen atoms in total. The molecule has 1 heterocycles. The van der Waals surface area contributed by atoms with Gasteiger partial charge >= 0.3 is 0 Å². The standard InChI is InChI=1S/C16H22ClN3O2/c1-12(19-7-9-20(10-8-19)13(2)21)16(22)18-11-14-5-3-4-6-15(14)17/h3-6,12H,7-11H2,1-2H3,(H,18,22)/p+1/t12-/m0/s1. The number of rotatable bonds is 4. The molecule has 1 saturated heterocycles. The normalized spacial score (nSPS) is 17.1. The molecule has 1 aromatic carbocycles. The number of halogens is 1. The van der Waals surface area contributed by atoms with E-state index in [1.807, 2.05) is 36.1 Å². The second-order valence-electron chi connectivity index (χ2n) is 5.70. The summed E-state index contributed by atoms with van der Waals surface area (Å²) in [4.78, 5) is 26.7. The maximum absolute atomic E-state index is 12.3. The number of carbonyl (C=O) groups is 2. The molecule has 1 aliphatic heterocycles. The molecule has 0 saturated carbocycles. The lowest BCUT2D eigenvalue weighted by Crippen LogP contribution is -3.19. The third-order valence-corrected chi connectivity index (χ3v) is 4.64. The van der Waals surface area contributed by atoms with Gasteiger partial charge in [-0.25, -0.2) is 0 Å². The number of hydrogen-bond donors (Lipinski definition) is 2. The second kappa shape index (κ2) is 7.61. The Labute approximate surface area is 136 Å². The van der Waals surface area contributed by atoms with Crippen molar-refractivity contribution in [1.82, 2.24) is 10.2 Å². The highest BCUT2D eigenvalue weighted by Gasteiger charge is 2.29. The van der Waals surface area contributed by atoms with Crippen LogP contribution in [0.5, 0.6) is 0 Å². The highest BCUT2D eigenvalue weighted by atomic mass is 35.5. The van der Waals surface area contributed by atoms with Crippen LogP contribution >= 0.6 is 11.6 Å². The van der Waals surface area contributed by atoms with Gasteiger partial charge in [0.25, 0.3) is 5.91 Å². The quantitative estimate of drug-likeness (QED) is 0.825. The third-order valence-electron chi connectivity index (χ3n) is 4.27. The molecule has 0 aromatic heterocycles. The number of hydrogen-bond acceptors (Lipinski definition) is 2. The van der Waals surface area contributed by atoms with E-state index in [0.29, 0.717) is 24.7 Å². The summed E-state index contributed by atoms with van der Waals surface area (Å²) in [7, 11) is 0. The van der Waals surface area contributed by atoms with Gasteiger partial charge in [-0.1, -0.05) is 29.8 Å². The van der Waals surface area contributed by atoms with Crippen LogP contribution < -0.4 is 10.2 Å². The first-order valence-corrected chi connectivity index (χ1v) is 7.98. The van der Waals surface area contributed by atoms with Crippen LogP contribution in [0.4, 0.5) is 0 Å². The average molecular weight is 325 g/mol. The summed E-state index contributed by atoms with van der Waals surface area (Å²) in [6.45, 7) is 7.00. The van der Waals surface area contributed by atoms with Gasteiger partial charge in [-0.15, -0.1) is 0 Å². The van der Waals surface area contributed by atoms with Crippen LogP contribution in [0.2, 0.25) is 5.02 Å². The smallest absolute Gasteiger partial charge is 0.278 e. The molecule has 22 heavy (non-hydrogen) atoms. The minimum absolute atomic E-state index is 0.0196. The maximum Gasteiger partial charge on any atom is 0.278 e. The van der Waals surface area contributed by atoms with Gasteiger partial charge in [-0.05, 0) is 18.6 Å². The molecule has 1 fully saturated rings. The minimum atomic E-state index is -0.128. The van der Waals surface area contributed by atoms with Gasteiger partial charge in [-0.2, -0.15) is 0 Å². The van der Waals surface area contributed by atoms with E-state index in [4.69, 9.17) is 11.6 Å². The summed E-state index contributed by atoms with van der Waals surface area (Å²) in [5, 5.41) is 3.61. The van der Waals surface area contributed by atoms with E-state index >= 15 is 0 Å². The first-order valence-electron chi connectivity index (χ1n) is 7.60. The monoisotopic (exact) mass is 324 g/mol. The molecule has 0 radical (unpaired) electrons. The number of nitrogens with zero attached hydrogens (tertiary/aromatic N) is 1. The van der Waals surface area contributed by atoms with Crippen molar-refractivity contribution in [1.29, 1.82) is 0 Å². The van der Waals surface area contributed by atoms with Gasteiger partial charge in [0.2, 0.25) is 5.91 Å². The largest absolute Gasteiger partial charge is 0.347 e. The van der Waals surface area contributed by atoms with E-state index < -0.39 is 0 Å². The zero-order chi connectivity index (χ0) is 16.1. The summed E-state index contributed by atoms with van der Waals surface area (Å²) >= 11 is 6.09. The van der Waals surface area contributed by atoms with E-state index in [-0.39, 0.29) is 17.9 Å². The Morgan fingerprint density at radius 1 is 1.32 bits per heavy atom. The van der Waals surface area contributed by atoms with Crippen molar-refractivity contribution in [2.24, 2.45) is 0 Å². The predicted molar refractivity (Wildman–Crippen MR) is 85.7 cm³/mol. The summed E-state index contributed by atoms with van der Waals surface area (Å²) in [5.74, 6) is 0.126. The molecule has 0 aliphatic carbocycles. The van der Waals surface area contributed by atoms with E-state index in [1.54, 1.807) is 6.92 Å². The SMILES string of the molecule is CC(=O)N1CC[NH+]([C@@H](C)C(=O)NCc2ccccc2Cl)CC1. The number of carbonyl (C=O) groups excluding carboxylic acids is 2. The van der Waals surface area contributed by atoms with Crippen molar-refractivity contribution >= 4 is 23.4 Å². The van der Waals surface area contributed by atoms with Gasteiger partial charge in [-0.3, -0.25) is 9.59 Å². The Hall–Kier alpha value is -1.59. The Kier molecular flexibility index (Phi) is 5.80. The van der Waals surface area contributed by atoms with E-state index in [9.17, 15) is 9.59 Å². The fraction of sp³-hybridized carbons (Fsp3) is 0.500. The molecular weight excluding hydrogens is 302 g/mol.